The van der Waals surface area contributed by atoms with Gasteiger partial charge >= 0.3 is 5.97 Å². The van der Waals surface area contributed by atoms with E-state index in [0.29, 0.717) is 30.4 Å². The number of rotatable bonds is 3. The molecule has 7 heteroatoms. The molecule has 1 aliphatic rings. The highest BCUT2D eigenvalue weighted by Crippen LogP contribution is 2.41. The second-order valence-corrected chi connectivity index (χ2v) is 5.91. The van der Waals surface area contributed by atoms with E-state index in [1.54, 1.807) is 5.38 Å². The average Bonchev–Trinajstić information content (AvgIpc) is 2.86. The molecule has 104 valence electrons. The minimum absolute atomic E-state index is 0.0672. The maximum absolute atomic E-state index is 10.7. The van der Waals surface area contributed by atoms with Crippen LogP contribution in [0.15, 0.2) is 22.0 Å². The maximum atomic E-state index is 10.7. The van der Waals surface area contributed by atoms with Crippen molar-refractivity contribution in [2.45, 2.75) is 6.42 Å². The fourth-order valence-corrected chi connectivity index (χ4v) is 3.27. The highest BCUT2D eigenvalue weighted by atomic mass is 79.9. The van der Waals surface area contributed by atoms with Crippen LogP contribution in [0.5, 0.6) is 11.5 Å². The number of carboxylic acids is 1. The van der Waals surface area contributed by atoms with E-state index in [1.165, 1.54) is 11.3 Å². The van der Waals surface area contributed by atoms with Crippen molar-refractivity contribution < 1.29 is 19.4 Å². The first-order chi connectivity index (χ1) is 9.63. The van der Waals surface area contributed by atoms with Gasteiger partial charge in [-0.05, 0) is 28.1 Å². The number of halogens is 1. The highest BCUT2D eigenvalue weighted by molar-refractivity contribution is 9.10. The second-order valence-electron chi connectivity index (χ2n) is 4.20. The van der Waals surface area contributed by atoms with E-state index in [4.69, 9.17) is 14.6 Å². The number of carbonyl (C=O) groups is 1. The Hall–Kier alpha value is -1.60. The molecule has 0 fully saturated rings. The molecule has 1 aromatic carbocycles. The van der Waals surface area contributed by atoms with E-state index >= 15 is 0 Å². The Bertz CT molecular complexity index is 670. The van der Waals surface area contributed by atoms with Crippen LogP contribution in [0.3, 0.4) is 0 Å². The first kappa shape index (κ1) is 13.4. The van der Waals surface area contributed by atoms with E-state index < -0.39 is 5.97 Å². The molecule has 0 radical (unpaired) electrons. The smallest absolute Gasteiger partial charge is 0.309 e. The van der Waals surface area contributed by atoms with Crippen LogP contribution in [0.4, 0.5) is 0 Å². The normalized spacial score (nSPS) is 13.2. The Kier molecular flexibility index (Phi) is 3.62. The van der Waals surface area contributed by atoms with Crippen molar-refractivity contribution in [2.75, 3.05) is 13.2 Å². The molecule has 1 aliphatic heterocycles. The zero-order chi connectivity index (χ0) is 14.1. The summed E-state index contributed by atoms with van der Waals surface area (Å²) < 4.78 is 11.9. The molecule has 5 nitrogen and oxygen atoms in total. The number of nitrogens with zero attached hydrogens (tertiary/aromatic N) is 1. The van der Waals surface area contributed by atoms with Gasteiger partial charge in [-0.1, -0.05) is 0 Å². The van der Waals surface area contributed by atoms with Crippen LogP contribution in [-0.4, -0.2) is 29.3 Å². The van der Waals surface area contributed by atoms with Gasteiger partial charge in [0.15, 0.2) is 11.5 Å². The van der Waals surface area contributed by atoms with E-state index in [9.17, 15) is 4.79 Å². The van der Waals surface area contributed by atoms with Gasteiger partial charge in [-0.25, -0.2) is 4.98 Å². The van der Waals surface area contributed by atoms with E-state index in [1.807, 2.05) is 12.1 Å². The predicted octanol–water partition coefficient (Wildman–Crippen LogP) is 2.97. The molecule has 3 rings (SSSR count). The third kappa shape index (κ3) is 2.64. The van der Waals surface area contributed by atoms with Crippen LogP contribution in [0, 0.1) is 0 Å². The topological polar surface area (TPSA) is 68.7 Å². The number of aliphatic carboxylic acids is 1. The van der Waals surface area contributed by atoms with E-state index in [-0.39, 0.29) is 6.42 Å². The van der Waals surface area contributed by atoms with Crippen LogP contribution < -0.4 is 9.47 Å². The van der Waals surface area contributed by atoms with Gasteiger partial charge in [0, 0.05) is 10.9 Å². The number of ether oxygens (including phenoxy) is 2. The number of benzene rings is 1. The Morgan fingerprint density at radius 3 is 3.00 bits per heavy atom. The monoisotopic (exact) mass is 355 g/mol. The Morgan fingerprint density at radius 2 is 2.20 bits per heavy atom. The quantitative estimate of drug-likeness (QED) is 0.916. The van der Waals surface area contributed by atoms with Crippen molar-refractivity contribution in [3.63, 3.8) is 0 Å². The number of fused-ring (bicyclic) bond motifs is 1. The van der Waals surface area contributed by atoms with Gasteiger partial charge in [-0.3, -0.25) is 4.79 Å². The Labute approximate surface area is 127 Å². The van der Waals surface area contributed by atoms with E-state index in [2.05, 4.69) is 20.9 Å². The van der Waals surface area contributed by atoms with Crippen molar-refractivity contribution in [1.82, 2.24) is 4.98 Å². The zero-order valence-corrected chi connectivity index (χ0v) is 12.7. The summed E-state index contributed by atoms with van der Waals surface area (Å²) in [5.41, 5.74) is 1.44. The summed E-state index contributed by atoms with van der Waals surface area (Å²) in [5.74, 6) is 0.489. The molecule has 20 heavy (non-hydrogen) atoms. The van der Waals surface area contributed by atoms with Crippen LogP contribution >= 0.6 is 27.3 Å². The van der Waals surface area contributed by atoms with Gasteiger partial charge in [0.1, 0.15) is 18.2 Å². The molecule has 0 bridgehead atoms. The van der Waals surface area contributed by atoms with Crippen LogP contribution in [0.2, 0.25) is 0 Å². The molecule has 0 saturated carbocycles. The summed E-state index contributed by atoms with van der Waals surface area (Å²) in [5, 5.41) is 11.3. The molecule has 0 saturated heterocycles. The van der Waals surface area contributed by atoms with Gasteiger partial charge in [0.2, 0.25) is 0 Å². The summed E-state index contributed by atoms with van der Waals surface area (Å²) >= 11 is 4.87. The van der Waals surface area contributed by atoms with Gasteiger partial charge in [-0.15, -0.1) is 11.3 Å². The lowest BCUT2D eigenvalue weighted by molar-refractivity contribution is -0.136. The molecule has 0 unspecified atom stereocenters. The molecule has 2 heterocycles. The minimum Gasteiger partial charge on any atom is -0.486 e. The number of thiazole rings is 1. The fraction of sp³-hybridized carbons (Fsp3) is 0.231. The molecule has 1 N–H and O–H groups in total. The van der Waals surface area contributed by atoms with Gasteiger partial charge in [-0.2, -0.15) is 0 Å². The van der Waals surface area contributed by atoms with Gasteiger partial charge in [0.05, 0.1) is 16.6 Å². The van der Waals surface area contributed by atoms with Crippen molar-refractivity contribution in [1.29, 1.82) is 0 Å². The average molecular weight is 356 g/mol. The molecule has 0 spiro atoms. The summed E-state index contributed by atoms with van der Waals surface area (Å²) in [7, 11) is 0. The van der Waals surface area contributed by atoms with Gasteiger partial charge < -0.3 is 14.6 Å². The number of carboxylic acid groups (broad SMARTS) is 1. The predicted molar refractivity (Wildman–Crippen MR) is 77.6 cm³/mol. The van der Waals surface area contributed by atoms with Crippen molar-refractivity contribution in [3.05, 3.63) is 27.7 Å². The minimum atomic E-state index is -0.884. The summed E-state index contributed by atoms with van der Waals surface area (Å²) in [6, 6.07) is 3.76. The standard InChI is InChI=1S/C13H10BrNO4S/c14-9-3-7(4-10-12(9)19-2-1-18-10)13-15-8(6-20-13)5-11(16)17/h3-4,6H,1-2,5H2,(H,16,17). The lowest BCUT2D eigenvalue weighted by Crippen LogP contribution is -2.15. The SMILES string of the molecule is O=C(O)Cc1csc(-c2cc(Br)c3c(c2)OCCO3)n1. The van der Waals surface area contributed by atoms with Crippen LogP contribution in [0.25, 0.3) is 10.6 Å². The molecule has 1 aromatic heterocycles. The van der Waals surface area contributed by atoms with E-state index in [0.717, 1.165) is 15.0 Å². The number of hydrogen-bond donors (Lipinski definition) is 1. The zero-order valence-electron chi connectivity index (χ0n) is 10.3. The first-order valence-electron chi connectivity index (χ1n) is 5.89. The summed E-state index contributed by atoms with van der Waals surface area (Å²) in [6.07, 6.45) is -0.0672. The van der Waals surface area contributed by atoms with Crippen molar-refractivity contribution in [3.8, 4) is 22.1 Å². The largest absolute Gasteiger partial charge is 0.486 e. The highest BCUT2D eigenvalue weighted by Gasteiger charge is 2.18. The van der Waals surface area contributed by atoms with Crippen molar-refractivity contribution >= 4 is 33.2 Å². The molecule has 0 aliphatic carbocycles. The Balaban J connectivity index is 1.96. The molecule has 0 amide bonds. The fourth-order valence-electron chi connectivity index (χ4n) is 1.91. The van der Waals surface area contributed by atoms with Crippen LogP contribution in [0.1, 0.15) is 5.69 Å². The molecular formula is C13H10BrNO4S. The first-order valence-corrected chi connectivity index (χ1v) is 7.56. The third-order valence-electron chi connectivity index (χ3n) is 2.73. The lowest BCUT2D eigenvalue weighted by atomic mass is 10.2. The lowest BCUT2D eigenvalue weighted by Gasteiger charge is -2.20. The maximum Gasteiger partial charge on any atom is 0.309 e. The molecular weight excluding hydrogens is 346 g/mol. The summed E-state index contributed by atoms with van der Waals surface area (Å²) in [4.78, 5) is 15.0. The molecule has 2 aromatic rings. The van der Waals surface area contributed by atoms with Gasteiger partial charge in [0.25, 0.3) is 0 Å². The third-order valence-corrected chi connectivity index (χ3v) is 4.26. The summed E-state index contributed by atoms with van der Waals surface area (Å²) in [6.45, 7) is 1.05. The number of hydrogen-bond acceptors (Lipinski definition) is 5. The second kappa shape index (κ2) is 5.41. The van der Waals surface area contributed by atoms with Crippen LogP contribution in [-0.2, 0) is 11.2 Å². The Morgan fingerprint density at radius 1 is 1.40 bits per heavy atom. The molecule has 0 atom stereocenters. The number of aromatic nitrogens is 1. The van der Waals surface area contributed by atoms with Crippen molar-refractivity contribution in [2.24, 2.45) is 0 Å².